The first kappa shape index (κ1) is 19.2. The fraction of sp³-hybridized carbons (Fsp3) is 0.619. The van der Waals surface area contributed by atoms with Gasteiger partial charge in [0, 0.05) is 63.6 Å². The van der Waals surface area contributed by atoms with E-state index in [1.807, 2.05) is 28.0 Å². The molecule has 2 amide bonds. The Morgan fingerprint density at radius 2 is 1.68 bits per heavy atom. The van der Waals surface area contributed by atoms with Crippen LogP contribution in [0.2, 0.25) is 0 Å². The summed E-state index contributed by atoms with van der Waals surface area (Å²) in [5, 5.41) is 3.27. The zero-order chi connectivity index (χ0) is 19.5. The van der Waals surface area contributed by atoms with Crippen LogP contribution < -0.4 is 10.2 Å². The van der Waals surface area contributed by atoms with Gasteiger partial charge in [-0.1, -0.05) is 6.07 Å². The molecule has 0 radical (unpaired) electrons. The van der Waals surface area contributed by atoms with Gasteiger partial charge >= 0.3 is 0 Å². The van der Waals surface area contributed by atoms with Gasteiger partial charge in [0.2, 0.25) is 5.91 Å². The second kappa shape index (κ2) is 8.49. The number of nitrogens with one attached hydrogen (secondary N) is 1. The molecule has 0 aromatic heterocycles. The molecule has 0 bridgehead atoms. The Morgan fingerprint density at radius 1 is 0.964 bits per heavy atom. The Balaban J connectivity index is 1.35. The maximum absolute atomic E-state index is 13.0. The number of piperazine rings is 2. The van der Waals surface area contributed by atoms with Gasteiger partial charge in [-0.25, -0.2) is 0 Å². The molecule has 4 rings (SSSR count). The van der Waals surface area contributed by atoms with Crippen molar-refractivity contribution in [2.24, 2.45) is 0 Å². The summed E-state index contributed by atoms with van der Waals surface area (Å²) in [6.45, 7) is 7.47. The molecule has 7 nitrogen and oxygen atoms in total. The minimum absolute atomic E-state index is 0.0254. The smallest absolute Gasteiger partial charge is 0.254 e. The molecule has 152 valence electrons. The summed E-state index contributed by atoms with van der Waals surface area (Å²) in [5.74, 6) is 0.267. The molecule has 3 fully saturated rings. The van der Waals surface area contributed by atoms with Crippen molar-refractivity contribution >= 4 is 17.5 Å². The van der Waals surface area contributed by atoms with Gasteiger partial charge in [0.15, 0.2) is 0 Å². The second-order valence-corrected chi connectivity index (χ2v) is 8.11. The monoisotopic (exact) mass is 385 g/mol. The summed E-state index contributed by atoms with van der Waals surface area (Å²) in [7, 11) is 2.14. The minimum Gasteiger partial charge on any atom is -0.369 e. The molecule has 0 aliphatic carbocycles. The summed E-state index contributed by atoms with van der Waals surface area (Å²) in [4.78, 5) is 34.0. The number of likely N-dealkylation sites (N-methyl/N-ethyl adjacent to an activating group) is 1. The molecule has 0 saturated carbocycles. The first-order valence-corrected chi connectivity index (χ1v) is 10.5. The highest BCUT2D eigenvalue weighted by molar-refractivity contribution is 5.95. The third-order valence-electron chi connectivity index (χ3n) is 6.20. The summed E-state index contributed by atoms with van der Waals surface area (Å²) < 4.78 is 0. The first-order valence-electron chi connectivity index (χ1n) is 10.5. The van der Waals surface area contributed by atoms with Gasteiger partial charge in [0.25, 0.3) is 5.91 Å². The predicted octanol–water partition coefficient (Wildman–Crippen LogP) is 0.475. The Hall–Kier alpha value is -2.12. The third kappa shape index (κ3) is 4.15. The molecule has 1 aromatic rings. The van der Waals surface area contributed by atoms with Crippen LogP contribution in [0.1, 0.15) is 23.2 Å². The highest BCUT2D eigenvalue weighted by Gasteiger charge is 2.30. The lowest BCUT2D eigenvalue weighted by Gasteiger charge is -2.36. The number of benzene rings is 1. The largest absolute Gasteiger partial charge is 0.369 e. The molecule has 3 heterocycles. The van der Waals surface area contributed by atoms with E-state index in [1.165, 1.54) is 0 Å². The van der Waals surface area contributed by atoms with Crippen LogP contribution in [0.5, 0.6) is 0 Å². The molecule has 1 N–H and O–H groups in total. The van der Waals surface area contributed by atoms with Crippen LogP contribution in [0.15, 0.2) is 24.3 Å². The molecule has 1 aromatic carbocycles. The minimum atomic E-state index is -0.0254. The van der Waals surface area contributed by atoms with E-state index in [9.17, 15) is 9.59 Å². The molecule has 7 heteroatoms. The summed E-state index contributed by atoms with van der Waals surface area (Å²) >= 11 is 0. The fourth-order valence-electron chi connectivity index (χ4n) is 4.33. The summed E-state index contributed by atoms with van der Waals surface area (Å²) in [5.41, 5.74) is 1.87. The molecule has 0 spiro atoms. The van der Waals surface area contributed by atoms with Crippen LogP contribution in [-0.4, -0.2) is 98.5 Å². The first-order chi connectivity index (χ1) is 13.6. The summed E-state index contributed by atoms with van der Waals surface area (Å²) in [6, 6.07) is 7.97. The van der Waals surface area contributed by atoms with Crippen LogP contribution >= 0.6 is 0 Å². The quantitative estimate of drug-likeness (QED) is 0.820. The lowest BCUT2D eigenvalue weighted by molar-refractivity contribution is -0.134. The zero-order valence-corrected chi connectivity index (χ0v) is 16.8. The van der Waals surface area contributed by atoms with Crippen molar-refractivity contribution < 1.29 is 9.59 Å². The van der Waals surface area contributed by atoms with Crippen LogP contribution in [0.3, 0.4) is 0 Å². The Bertz CT molecular complexity index is 703. The molecule has 1 atom stereocenters. The van der Waals surface area contributed by atoms with E-state index in [-0.39, 0.29) is 17.9 Å². The molecule has 28 heavy (non-hydrogen) atoms. The van der Waals surface area contributed by atoms with E-state index in [1.54, 1.807) is 0 Å². The Labute approximate surface area is 167 Å². The number of rotatable bonds is 3. The van der Waals surface area contributed by atoms with Crippen molar-refractivity contribution in [2.45, 2.75) is 18.9 Å². The number of carbonyl (C=O) groups excluding carboxylic acids is 2. The SMILES string of the molecule is CN1CCN(c2cccc(C(=O)N3CCN(C(=O)C4CCCN4)CC3)c2)CC1. The normalized spacial score (nSPS) is 23.9. The van der Waals surface area contributed by atoms with Crippen molar-refractivity contribution in [3.63, 3.8) is 0 Å². The average Bonchev–Trinajstić information content (AvgIpc) is 3.28. The molecule has 3 aliphatic heterocycles. The van der Waals surface area contributed by atoms with Gasteiger partial charge in [0.05, 0.1) is 6.04 Å². The van der Waals surface area contributed by atoms with Crippen LogP contribution in [-0.2, 0) is 4.79 Å². The summed E-state index contributed by atoms with van der Waals surface area (Å²) in [6.07, 6.45) is 2.00. The Kier molecular flexibility index (Phi) is 5.82. The number of hydrogen-bond donors (Lipinski definition) is 1. The van der Waals surface area contributed by atoms with Gasteiger partial charge in [-0.15, -0.1) is 0 Å². The molecule has 3 saturated heterocycles. The molecule has 1 unspecified atom stereocenters. The van der Waals surface area contributed by atoms with E-state index in [0.29, 0.717) is 26.2 Å². The van der Waals surface area contributed by atoms with E-state index < -0.39 is 0 Å². The lowest BCUT2D eigenvalue weighted by atomic mass is 10.1. The standard InChI is InChI=1S/C21H31N5O2/c1-23-8-10-24(11-9-23)18-5-2-4-17(16-18)20(27)25-12-14-26(15-13-25)21(28)19-6-3-7-22-19/h2,4-5,16,19,22H,3,6-15H2,1H3. The highest BCUT2D eigenvalue weighted by atomic mass is 16.2. The lowest BCUT2D eigenvalue weighted by Crippen LogP contribution is -2.54. The average molecular weight is 386 g/mol. The molecular formula is C21H31N5O2. The maximum atomic E-state index is 13.0. The van der Waals surface area contributed by atoms with Crippen molar-refractivity contribution in [2.75, 3.05) is 70.9 Å². The van der Waals surface area contributed by atoms with Crippen molar-refractivity contribution in [1.82, 2.24) is 20.0 Å². The third-order valence-corrected chi connectivity index (χ3v) is 6.20. The number of carbonyl (C=O) groups is 2. The zero-order valence-electron chi connectivity index (χ0n) is 16.8. The maximum Gasteiger partial charge on any atom is 0.254 e. The second-order valence-electron chi connectivity index (χ2n) is 8.11. The fourth-order valence-corrected chi connectivity index (χ4v) is 4.33. The predicted molar refractivity (Wildman–Crippen MR) is 110 cm³/mol. The van der Waals surface area contributed by atoms with E-state index >= 15 is 0 Å². The van der Waals surface area contributed by atoms with E-state index in [2.05, 4.69) is 28.2 Å². The highest BCUT2D eigenvalue weighted by Crippen LogP contribution is 2.20. The van der Waals surface area contributed by atoms with Gasteiger partial charge in [0.1, 0.15) is 0 Å². The van der Waals surface area contributed by atoms with E-state index in [4.69, 9.17) is 0 Å². The van der Waals surface area contributed by atoms with Gasteiger partial charge in [-0.3, -0.25) is 9.59 Å². The van der Waals surface area contributed by atoms with Crippen LogP contribution in [0, 0.1) is 0 Å². The number of nitrogens with zero attached hydrogens (tertiary/aromatic N) is 4. The van der Waals surface area contributed by atoms with Crippen molar-refractivity contribution in [3.8, 4) is 0 Å². The van der Waals surface area contributed by atoms with Crippen LogP contribution in [0.4, 0.5) is 5.69 Å². The molecule has 3 aliphatic rings. The van der Waals surface area contributed by atoms with Gasteiger partial charge < -0.3 is 24.9 Å². The topological polar surface area (TPSA) is 59.1 Å². The van der Waals surface area contributed by atoms with Crippen molar-refractivity contribution in [1.29, 1.82) is 0 Å². The van der Waals surface area contributed by atoms with E-state index in [0.717, 1.165) is 56.8 Å². The van der Waals surface area contributed by atoms with Crippen LogP contribution in [0.25, 0.3) is 0 Å². The number of anilines is 1. The number of amides is 2. The molecular weight excluding hydrogens is 354 g/mol. The van der Waals surface area contributed by atoms with Crippen molar-refractivity contribution in [3.05, 3.63) is 29.8 Å². The Morgan fingerprint density at radius 3 is 2.36 bits per heavy atom. The number of hydrogen-bond acceptors (Lipinski definition) is 5. The van der Waals surface area contributed by atoms with Gasteiger partial charge in [-0.2, -0.15) is 0 Å². The van der Waals surface area contributed by atoms with Gasteiger partial charge in [-0.05, 0) is 44.6 Å².